The molecule has 0 aromatic carbocycles. The van der Waals surface area contributed by atoms with Crippen molar-refractivity contribution in [1.29, 1.82) is 0 Å². The fourth-order valence-electron chi connectivity index (χ4n) is 0.671. The van der Waals surface area contributed by atoms with Crippen molar-refractivity contribution >= 4 is 29.8 Å². The Morgan fingerprint density at radius 3 is 1.30 bits per heavy atom. The minimum Gasteiger partial charge on any atom is -1.00 e. The van der Waals surface area contributed by atoms with Gasteiger partial charge in [0.1, 0.15) is 6.79 Å². The molecular formula is C7H19MgNO. The van der Waals surface area contributed by atoms with E-state index >= 15 is 0 Å². The first-order chi connectivity index (χ1) is 4.35. The molecule has 0 rings (SSSR count). The van der Waals surface area contributed by atoms with Crippen molar-refractivity contribution < 1.29 is 7.65 Å². The molecule has 0 aliphatic rings. The molecule has 3 heteroatoms. The molecule has 0 aliphatic heterocycles. The van der Waals surface area contributed by atoms with Gasteiger partial charge in [-0.1, -0.05) is 20.8 Å². The Morgan fingerprint density at radius 1 is 1.10 bits per heavy atom. The van der Waals surface area contributed by atoms with Crippen LogP contribution in [-0.2, 0) is 4.79 Å². The van der Waals surface area contributed by atoms with Gasteiger partial charge >= 0.3 is 23.1 Å². The SMILES string of the molecule is C=O.CCN(CC)CC.[H-].[H-].[Mg+2]. The Labute approximate surface area is 83.1 Å². The van der Waals surface area contributed by atoms with Crippen LogP contribution >= 0.6 is 0 Å². The summed E-state index contributed by atoms with van der Waals surface area (Å²) in [4.78, 5) is 10.4. The second kappa shape index (κ2) is 16.2. The molecule has 2 nitrogen and oxygen atoms in total. The number of nitrogens with zero attached hydrogens (tertiary/aromatic N) is 1. The Bertz CT molecular complexity index is 51.2. The Kier molecular flexibility index (Phi) is 27.2. The van der Waals surface area contributed by atoms with Gasteiger partial charge in [-0.25, -0.2) is 0 Å². The van der Waals surface area contributed by atoms with Crippen LogP contribution < -0.4 is 0 Å². The van der Waals surface area contributed by atoms with E-state index in [1.54, 1.807) is 0 Å². The van der Waals surface area contributed by atoms with Crippen molar-refractivity contribution in [3.63, 3.8) is 0 Å². The van der Waals surface area contributed by atoms with Crippen LogP contribution in [0.4, 0.5) is 0 Å². The summed E-state index contributed by atoms with van der Waals surface area (Å²) in [7, 11) is 0. The van der Waals surface area contributed by atoms with E-state index in [1.165, 1.54) is 19.6 Å². The average Bonchev–Trinajstić information content (AvgIpc) is 1.96. The number of hydrogen-bond donors (Lipinski definition) is 0. The van der Waals surface area contributed by atoms with Gasteiger partial charge in [-0.3, -0.25) is 0 Å². The summed E-state index contributed by atoms with van der Waals surface area (Å²) in [5.41, 5.74) is 0. The number of rotatable bonds is 3. The van der Waals surface area contributed by atoms with Crippen molar-refractivity contribution in [2.45, 2.75) is 20.8 Å². The third kappa shape index (κ3) is 11.2. The summed E-state index contributed by atoms with van der Waals surface area (Å²) < 4.78 is 0. The first kappa shape index (κ1) is 16.8. The summed E-state index contributed by atoms with van der Waals surface area (Å²) in [5, 5.41) is 0. The quantitative estimate of drug-likeness (QED) is 0.570. The smallest absolute Gasteiger partial charge is 1.00 e. The van der Waals surface area contributed by atoms with Crippen molar-refractivity contribution in [1.82, 2.24) is 4.90 Å². The van der Waals surface area contributed by atoms with Gasteiger partial charge < -0.3 is 12.5 Å². The molecule has 0 saturated carbocycles. The summed E-state index contributed by atoms with van der Waals surface area (Å²) >= 11 is 0. The van der Waals surface area contributed by atoms with E-state index < -0.39 is 0 Å². The van der Waals surface area contributed by atoms with E-state index in [0.29, 0.717) is 0 Å². The van der Waals surface area contributed by atoms with E-state index in [2.05, 4.69) is 25.7 Å². The van der Waals surface area contributed by atoms with E-state index in [0.717, 1.165) is 0 Å². The fraction of sp³-hybridized carbons (Fsp3) is 0.857. The topological polar surface area (TPSA) is 20.3 Å². The van der Waals surface area contributed by atoms with Gasteiger partial charge in [-0.05, 0) is 19.6 Å². The molecule has 10 heavy (non-hydrogen) atoms. The fourth-order valence-corrected chi connectivity index (χ4v) is 0.671. The van der Waals surface area contributed by atoms with Gasteiger partial charge in [0.15, 0.2) is 0 Å². The number of hydrogen-bond acceptors (Lipinski definition) is 2. The van der Waals surface area contributed by atoms with Gasteiger partial charge in [0.25, 0.3) is 0 Å². The van der Waals surface area contributed by atoms with Crippen molar-refractivity contribution in [2.75, 3.05) is 19.6 Å². The first-order valence-electron chi connectivity index (χ1n) is 3.36. The zero-order valence-corrected chi connectivity index (χ0v) is 8.81. The number of carbonyl (C=O) groups excluding carboxylic acids is 1. The Morgan fingerprint density at radius 2 is 1.30 bits per heavy atom. The molecule has 0 aliphatic carbocycles. The molecule has 0 amide bonds. The van der Waals surface area contributed by atoms with Crippen LogP contribution in [0, 0.1) is 0 Å². The van der Waals surface area contributed by atoms with E-state index in [4.69, 9.17) is 4.79 Å². The Hall–Kier alpha value is 0.396. The molecule has 0 radical (unpaired) electrons. The summed E-state index contributed by atoms with van der Waals surface area (Å²) in [6.45, 7) is 12.1. The second-order valence-electron chi connectivity index (χ2n) is 1.62. The molecule has 0 N–H and O–H groups in total. The molecule has 0 aromatic heterocycles. The van der Waals surface area contributed by atoms with E-state index in [9.17, 15) is 0 Å². The van der Waals surface area contributed by atoms with Crippen LogP contribution in [0.3, 0.4) is 0 Å². The second-order valence-corrected chi connectivity index (χ2v) is 1.62. The van der Waals surface area contributed by atoms with Crippen LogP contribution in [0.25, 0.3) is 0 Å². The molecule has 0 heterocycles. The summed E-state index contributed by atoms with van der Waals surface area (Å²) in [6, 6.07) is 0. The molecule has 0 spiro atoms. The minimum atomic E-state index is 0. The molecule has 60 valence electrons. The van der Waals surface area contributed by atoms with Gasteiger partial charge in [-0.2, -0.15) is 0 Å². The van der Waals surface area contributed by atoms with Crippen LogP contribution in [0.15, 0.2) is 0 Å². The van der Waals surface area contributed by atoms with E-state index in [-0.39, 0.29) is 25.9 Å². The first-order valence-corrected chi connectivity index (χ1v) is 3.36. The molecule has 0 aromatic rings. The van der Waals surface area contributed by atoms with Gasteiger partial charge in [-0.15, -0.1) is 0 Å². The molecule has 0 fully saturated rings. The predicted molar refractivity (Wildman–Crippen MR) is 48.6 cm³/mol. The maximum atomic E-state index is 8.00. The molecular weight excluding hydrogens is 138 g/mol. The standard InChI is InChI=1S/C6H15N.CH2O.Mg.2H/c1-4-7(5-2)6-3;1-2;;;/h4-6H2,1-3H3;1H2;;;/q;;+2;2*-1. The average molecular weight is 158 g/mol. The van der Waals surface area contributed by atoms with E-state index in [1.807, 2.05) is 6.79 Å². The molecule has 0 bridgehead atoms. The maximum Gasteiger partial charge on any atom is 2.00 e. The van der Waals surface area contributed by atoms with Crippen LogP contribution in [0.2, 0.25) is 0 Å². The normalized spacial score (nSPS) is 7.60. The molecule has 0 unspecified atom stereocenters. The summed E-state index contributed by atoms with van der Waals surface area (Å²) in [6.07, 6.45) is 0. The Balaban J connectivity index is -0.0000000303. The zero-order chi connectivity index (χ0) is 7.70. The summed E-state index contributed by atoms with van der Waals surface area (Å²) in [5.74, 6) is 0. The van der Waals surface area contributed by atoms with Crippen molar-refractivity contribution in [3.8, 4) is 0 Å². The van der Waals surface area contributed by atoms with Crippen molar-refractivity contribution in [2.24, 2.45) is 0 Å². The minimum absolute atomic E-state index is 0. The third-order valence-corrected chi connectivity index (χ3v) is 1.34. The monoisotopic (exact) mass is 157 g/mol. The molecule has 0 atom stereocenters. The van der Waals surface area contributed by atoms with Gasteiger partial charge in [0.2, 0.25) is 0 Å². The van der Waals surface area contributed by atoms with Gasteiger partial charge in [0, 0.05) is 0 Å². The predicted octanol–water partition coefficient (Wildman–Crippen LogP) is 1.01. The molecule has 0 saturated heterocycles. The van der Waals surface area contributed by atoms with Crippen molar-refractivity contribution in [3.05, 3.63) is 0 Å². The maximum absolute atomic E-state index is 8.00. The zero-order valence-electron chi connectivity index (χ0n) is 9.39. The van der Waals surface area contributed by atoms with Crippen LogP contribution in [0.5, 0.6) is 0 Å². The number of carbonyl (C=O) groups is 1. The van der Waals surface area contributed by atoms with Crippen LogP contribution in [0.1, 0.15) is 23.6 Å². The van der Waals surface area contributed by atoms with Gasteiger partial charge in [0.05, 0.1) is 0 Å². The van der Waals surface area contributed by atoms with Crippen LogP contribution in [-0.4, -0.2) is 54.4 Å². The third-order valence-electron chi connectivity index (χ3n) is 1.34. The largest absolute Gasteiger partial charge is 2.00 e.